The van der Waals surface area contributed by atoms with Crippen LogP contribution in [0.5, 0.6) is 0 Å². The molecule has 0 aromatic carbocycles. The lowest BCUT2D eigenvalue weighted by Crippen LogP contribution is -2.47. The Bertz CT molecular complexity index is 204. The number of hydrogen-bond donors (Lipinski definition) is 1. The van der Waals surface area contributed by atoms with Crippen LogP contribution in [0.2, 0.25) is 0 Å². The van der Waals surface area contributed by atoms with Crippen molar-refractivity contribution in [2.45, 2.75) is 50.7 Å². The summed E-state index contributed by atoms with van der Waals surface area (Å²) in [5.74, 6) is 0.780. The molecule has 0 radical (unpaired) electrons. The zero-order valence-electron chi connectivity index (χ0n) is 10.5. The van der Waals surface area contributed by atoms with Gasteiger partial charge in [0, 0.05) is 26.2 Å². The quantitative estimate of drug-likeness (QED) is 0.791. The van der Waals surface area contributed by atoms with Crippen LogP contribution in [0.4, 0.5) is 0 Å². The first kappa shape index (κ1) is 12.3. The van der Waals surface area contributed by atoms with Gasteiger partial charge in [-0.1, -0.05) is 12.8 Å². The highest BCUT2D eigenvalue weighted by atomic mass is 16.5. The zero-order valence-corrected chi connectivity index (χ0v) is 10.5. The first-order valence-electron chi connectivity index (χ1n) is 6.80. The van der Waals surface area contributed by atoms with E-state index in [1.54, 1.807) is 0 Å². The number of nitrogens with two attached hydrogens (primary N) is 1. The molecular weight excluding hydrogens is 200 g/mol. The van der Waals surface area contributed by atoms with Gasteiger partial charge in [0.2, 0.25) is 0 Å². The standard InChI is InChI=1S/C13H26N2O/c1-16-12-7-4-8-15(9-12)10-13(14)11-5-2-3-6-11/h11-13H,2-10,14H2,1H3. The largest absolute Gasteiger partial charge is 0.380 e. The molecule has 0 bridgehead atoms. The SMILES string of the molecule is COC1CCCN(CC(N)C2CCCC2)C1. The molecule has 2 rings (SSSR count). The maximum Gasteiger partial charge on any atom is 0.0698 e. The molecular formula is C13H26N2O. The molecule has 2 N–H and O–H groups in total. The molecule has 3 nitrogen and oxygen atoms in total. The van der Waals surface area contributed by atoms with Crippen LogP contribution in [0.15, 0.2) is 0 Å². The number of hydrogen-bond acceptors (Lipinski definition) is 3. The zero-order chi connectivity index (χ0) is 11.4. The first-order chi connectivity index (χ1) is 7.79. The molecule has 3 heteroatoms. The molecule has 2 atom stereocenters. The van der Waals surface area contributed by atoms with Crippen molar-refractivity contribution in [3.8, 4) is 0 Å². The van der Waals surface area contributed by atoms with E-state index in [0.717, 1.165) is 19.0 Å². The third-order valence-corrected chi connectivity index (χ3v) is 4.27. The summed E-state index contributed by atoms with van der Waals surface area (Å²) in [4.78, 5) is 2.50. The average Bonchev–Trinajstić information content (AvgIpc) is 2.83. The van der Waals surface area contributed by atoms with Gasteiger partial charge in [0.25, 0.3) is 0 Å². The highest BCUT2D eigenvalue weighted by molar-refractivity contribution is 4.83. The molecule has 1 aliphatic heterocycles. The molecule has 2 unspecified atom stereocenters. The van der Waals surface area contributed by atoms with Crippen LogP contribution in [0.25, 0.3) is 0 Å². The number of nitrogens with zero attached hydrogens (tertiary/aromatic N) is 1. The molecule has 2 fully saturated rings. The van der Waals surface area contributed by atoms with Crippen LogP contribution < -0.4 is 5.73 Å². The summed E-state index contributed by atoms with van der Waals surface area (Å²) in [5, 5.41) is 0. The Kier molecular flexibility index (Phi) is 4.62. The monoisotopic (exact) mass is 226 g/mol. The van der Waals surface area contributed by atoms with Gasteiger partial charge in [-0.3, -0.25) is 4.90 Å². The van der Waals surface area contributed by atoms with E-state index in [1.807, 2.05) is 7.11 Å². The number of methoxy groups -OCH3 is 1. The molecule has 1 heterocycles. The van der Waals surface area contributed by atoms with Crippen LogP contribution in [0, 0.1) is 5.92 Å². The third kappa shape index (κ3) is 3.19. The molecule has 0 aromatic heterocycles. The summed E-state index contributed by atoms with van der Waals surface area (Å²) in [6, 6.07) is 0.387. The summed E-state index contributed by atoms with van der Waals surface area (Å²) in [6.07, 6.45) is 8.38. The molecule has 0 spiro atoms. The fraction of sp³-hybridized carbons (Fsp3) is 1.00. The van der Waals surface area contributed by atoms with Gasteiger partial charge in [-0.25, -0.2) is 0 Å². The molecule has 0 amide bonds. The van der Waals surface area contributed by atoms with Gasteiger partial charge in [0.1, 0.15) is 0 Å². The summed E-state index contributed by atoms with van der Waals surface area (Å²) >= 11 is 0. The second-order valence-corrected chi connectivity index (χ2v) is 5.47. The molecule has 1 saturated heterocycles. The lowest BCUT2D eigenvalue weighted by molar-refractivity contribution is 0.0274. The van der Waals surface area contributed by atoms with Crippen molar-refractivity contribution in [2.24, 2.45) is 11.7 Å². The van der Waals surface area contributed by atoms with Crippen LogP contribution >= 0.6 is 0 Å². The minimum atomic E-state index is 0.387. The predicted molar refractivity (Wildman–Crippen MR) is 66.4 cm³/mol. The second-order valence-electron chi connectivity index (χ2n) is 5.47. The van der Waals surface area contributed by atoms with Crippen molar-refractivity contribution >= 4 is 0 Å². The van der Waals surface area contributed by atoms with E-state index in [4.69, 9.17) is 10.5 Å². The van der Waals surface area contributed by atoms with Crippen molar-refractivity contribution in [1.82, 2.24) is 4.90 Å². The summed E-state index contributed by atoms with van der Waals surface area (Å²) < 4.78 is 5.45. The maximum absolute atomic E-state index is 6.31. The predicted octanol–water partition coefficient (Wildman–Crippen LogP) is 1.61. The van der Waals surface area contributed by atoms with Gasteiger partial charge in [0.05, 0.1) is 6.10 Å². The molecule has 94 valence electrons. The van der Waals surface area contributed by atoms with Crippen LogP contribution in [-0.4, -0.2) is 43.8 Å². The van der Waals surface area contributed by atoms with Gasteiger partial charge < -0.3 is 10.5 Å². The molecule has 16 heavy (non-hydrogen) atoms. The molecule has 2 aliphatic rings. The Morgan fingerprint density at radius 1 is 1.25 bits per heavy atom. The van der Waals surface area contributed by atoms with E-state index in [1.165, 1.54) is 45.1 Å². The van der Waals surface area contributed by atoms with E-state index in [2.05, 4.69) is 4.90 Å². The highest BCUT2D eigenvalue weighted by Gasteiger charge is 2.26. The number of ether oxygens (including phenoxy) is 1. The van der Waals surface area contributed by atoms with E-state index >= 15 is 0 Å². The second kappa shape index (κ2) is 5.99. The Morgan fingerprint density at radius 2 is 2.00 bits per heavy atom. The van der Waals surface area contributed by atoms with Crippen molar-refractivity contribution < 1.29 is 4.74 Å². The van der Waals surface area contributed by atoms with E-state index in [0.29, 0.717) is 12.1 Å². The minimum absolute atomic E-state index is 0.387. The fourth-order valence-corrected chi connectivity index (χ4v) is 3.20. The molecule has 1 saturated carbocycles. The van der Waals surface area contributed by atoms with Crippen molar-refractivity contribution in [1.29, 1.82) is 0 Å². The Balaban J connectivity index is 1.75. The smallest absolute Gasteiger partial charge is 0.0698 e. The van der Waals surface area contributed by atoms with E-state index in [-0.39, 0.29) is 0 Å². The van der Waals surface area contributed by atoms with Crippen molar-refractivity contribution in [3.05, 3.63) is 0 Å². The Morgan fingerprint density at radius 3 is 2.69 bits per heavy atom. The molecule has 1 aliphatic carbocycles. The summed E-state index contributed by atoms with van der Waals surface area (Å²) in [5.41, 5.74) is 6.31. The summed E-state index contributed by atoms with van der Waals surface area (Å²) in [7, 11) is 1.82. The Hall–Kier alpha value is -0.120. The maximum atomic E-state index is 6.31. The number of piperidine rings is 1. The lowest BCUT2D eigenvalue weighted by atomic mass is 9.97. The summed E-state index contributed by atoms with van der Waals surface area (Å²) in [6.45, 7) is 3.36. The fourth-order valence-electron chi connectivity index (χ4n) is 3.20. The van der Waals surface area contributed by atoms with E-state index in [9.17, 15) is 0 Å². The third-order valence-electron chi connectivity index (χ3n) is 4.27. The highest BCUT2D eigenvalue weighted by Crippen LogP contribution is 2.27. The van der Waals surface area contributed by atoms with Gasteiger partial charge in [-0.05, 0) is 38.1 Å². The Labute approximate surface area is 99.3 Å². The van der Waals surface area contributed by atoms with Gasteiger partial charge in [-0.2, -0.15) is 0 Å². The topological polar surface area (TPSA) is 38.5 Å². The minimum Gasteiger partial charge on any atom is -0.380 e. The number of rotatable bonds is 4. The van der Waals surface area contributed by atoms with Crippen molar-refractivity contribution in [3.63, 3.8) is 0 Å². The van der Waals surface area contributed by atoms with Crippen LogP contribution in [0.1, 0.15) is 38.5 Å². The van der Waals surface area contributed by atoms with Crippen LogP contribution in [0.3, 0.4) is 0 Å². The van der Waals surface area contributed by atoms with Gasteiger partial charge in [-0.15, -0.1) is 0 Å². The lowest BCUT2D eigenvalue weighted by Gasteiger charge is -2.34. The molecule has 0 aromatic rings. The van der Waals surface area contributed by atoms with E-state index < -0.39 is 0 Å². The number of likely N-dealkylation sites (tertiary alicyclic amines) is 1. The van der Waals surface area contributed by atoms with Gasteiger partial charge >= 0.3 is 0 Å². The normalized spacial score (nSPS) is 30.8. The van der Waals surface area contributed by atoms with Crippen LogP contribution in [-0.2, 0) is 4.74 Å². The van der Waals surface area contributed by atoms with Gasteiger partial charge in [0.15, 0.2) is 0 Å². The average molecular weight is 226 g/mol. The first-order valence-corrected chi connectivity index (χ1v) is 6.80. The van der Waals surface area contributed by atoms with Crippen molar-refractivity contribution in [2.75, 3.05) is 26.7 Å².